The normalized spacial score (nSPS) is 30.5. The van der Waals surface area contributed by atoms with Crippen molar-refractivity contribution >= 4 is 11.8 Å². The average Bonchev–Trinajstić information content (AvgIpc) is 3.04. The molecule has 5 rings (SSSR count). The SMILES string of the molecule is CC(C)n1nccc1[C@@H]1NC(=O)CC[C@H]1NC(=O)C1C2Cc3ccccc3C21. The van der Waals surface area contributed by atoms with E-state index < -0.39 is 0 Å². The topological polar surface area (TPSA) is 76.0 Å². The zero-order valence-corrected chi connectivity index (χ0v) is 16.3. The van der Waals surface area contributed by atoms with Gasteiger partial charge < -0.3 is 10.6 Å². The molecule has 2 N–H and O–H groups in total. The molecule has 1 aromatic heterocycles. The van der Waals surface area contributed by atoms with Gasteiger partial charge in [0.1, 0.15) is 0 Å². The molecule has 1 aliphatic heterocycles. The number of nitrogens with zero attached hydrogens (tertiary/aromatic N) is 2. The molecule has 2 fully saturated rings. The fourth-order valence-electron chi connectivity index (χ4n) is 5.22. The highest BCUT2D eigenvalue weighted by Crippen LogP contribution is 2.61. The lowest BCUT2D eigenvalue weighted by molar-refractivity contribution is -0.128. The monoisotopic (exact) mass is 378 g/mol. The third-order valence-electron chi connectivity index (χ3n) is 6.58. The molecule has 146 valence electrons. The van der Waals surface area contributed by atoms with E-state index in [1.807, 2.05) is 10.7 Å². The molecule has 0 spiro atoms. The van der Waals surface area contributed by atoms with Crippen LogP contribution in [-0.2, 0) is 16.0 Å². The zero-order valence-electron chi connectivity index (χ0n) is 16.3. The number of piperidine rings is 1. The number of carbonyl (C=O) groups is 2. The van der Waals surface area contributed by atoms with Crippen molar-refractivity contribution in [3.05, 3.63) is 53.3 Å². The molecule has 6 nitrogen and oxygen atoms in total. The summed E-state index contributed by atoms with van der Waals surface area (Å²) in [6.07, 6.45) is 3.86. The van der Waals surface area contributed by atoms with Crippen LogP contribution in [0.5, 0.6) is 0 Å². The highest BCUT2D eigenvalue weighted by molar-refractivity contribution is 5.85. The van der Waals surface area contributed by atoms with Crippen LogP contribution in [0.2, 0.25) is 0 Å². The van der Waals surface area contributed by atoms with E-state index in [9.17, 15) is 9.59 Å². The number of amides is 2. The van der Waals surface area contributed by atoms with Crippen LogP contribution >= 0.6 is 0 Å². The second kappa shape index (κ2) is 6.47. The first-order valence-corrected chi connectivity index (χ1v) is 10.3. The first kappa shape index (κ1) is 17.5. The Labute approximate surface area is 164 Å². The molecule has 0 radical (unpaired) electrons. The van der Waals surface area contributed by atoms with Gasteiger partial charge in [-0.25, -0.2) is 0 Å². The van der Waals surface area contributed by atoms with Crippen molar-refractivity contribution in [2.45, 2.75) is 57.2 Å². The Hall–Kier alpha value is -2.63. The third kappa shape index (κ3) is 2.74. The first-order chi connectivity index (χ1) is 13.5. The van der Waals surface area contributed by atoms with E-state index in [0.29, 0.717) is 24.7 Å². The number of aromatic nitrogens is 2. The van der Waals surface area contributed by atoms with Crippen molar-refractivity contribution in [3.8, 4) is 0 Å². The van der Waals surface area contributed by atoms with Crippen LogP contribution in [-0.4, -0.2) is 27.6 Å². The number of benzene rings is 1. The summed E-state index contributed by atoms with van der Waals surface area (Å²) in [6, 6.07) is 10.3. The van der Waals surface area contributed by atoms with Crippen LogP contribution < -0.4 is 10.6 Å². The molecular weight excluding hydrogens is 352 g/mol. The quantitative estimate of drug-likeness (QED) is 0.858. The Balaban J connectivity index is 1.33. The van der Waals surface area contributed by atoms with Gasteiger partial charge in [-0.05, 0) is 55.7 Å². The van der Waals surface area contributed by atoms with Crippen LogP contribution in [0.15, 0.2) is 36.5 Å². The minimum Gasteiger partial charge on any atom is -0.351 e. The molecule has 2 amide bonds. The molecule has 2 heterocycles. The van der Waals surface area contributed by atoms with Gasteiger partial charge in [0, 0.05) is 24.6 Å². The van der Waals surface area contributed by atoms with Gasteiger partial charge in [0.2, 0.25) is 11.8 Å². The lowest BCUT2D eigenvalue weighted by Gasteiger charge is -2.34. The first-order valence-electron chi connectivity index (χ1n) is 10.3. The minimum absolute atomic E-state index is 0.0317. The van der Waals surface area contributed by atoms with E-state index in [1.165, 1.54) is 11.1 Å². The molecule has 1 saturated carbocycles. The number of hydrogen-bond donors (Lipinski definition) is 2. The molecule has 28 heavy (non-hydrogen) atoms. The molecule has 1 saturated heterocycles. The van der Waals surface area contributed by atoms with Crippen molar-refractivity contribution < 1.29 is 9.59 Å². The standard InChI is InChI=1S/C22H26N4O2/c1-12(2)26-17(9-10-23-26)21-16(7-8-18(27)25-21)24-22(28)20-15-11-13-5-3-4-6-14(13)19(15)20/h3-6,9-10,12,15-16,19-21H,7-8,11H2,1-2H3,(H,24,28)(H,25,27)/t15?,16-,19?,20?,21-/m1/s1. The molecular formula is C22H26N4O2. The molecule has 3 unspecified atom stereocenters. The molecule has 5 atom stereocenters. The van der Waals surface area contributed by atoms with Crippen molar-refractivity contribution in [1.29, 1.82) is 0 Å². The van der Waals surface area contributed by atoms with E-state index in [4.69, 9.17) is 0 Å². The second-order valence-corrected chi connectivity index (χ2v) is 8.61. The van der Waals surface area contributed by atoms with E-state index in [-0.39, 0.29) is 35.9 Å². The minimum atomic E-state index is -0.235. The van der Waals surface area contributed by atoms with Crippen molar-refractivity contribution in [3.63, 3.8) is 0 Å². The Morgan fingerprint density at radius 2 is 2.11 bits per heavy atom. The summed E-state index contributed by atoms with van der Waals surface area (Å²) < 4.78 is 1.93. The summed E-state index contributed by atoms with van der Waals surface area (Å²) in [5, 5.41) is 10.8. The van der Waals surface area contributed by atoms with Crippen molar-refractivity contribution in [2.75, 3.05) is 0 Å². The predicted octanol–water partition coefficient (Wildman–Crippen LogP) is 2.49. The van der Waals surface area contributed by atoms with Crippen LogP contribution in [0.25, 0.3) is 0 Å². The molecule has 2 aliphatic carbocycles. The number of hydrogen-bond acceptors (Lipinski definition) is 3. The number of nitrogens with one attached hydrogen (secondary N) is 2. The maximum absolute atomic E-state index is 13.1. The molecule has 6 heteroatoms. The Bertz CT molecular complexity index is 934. The van der Waals surface area contributed by atoms with Gasteiger partial charge >= 0.3 is 0 Å². The molecule has 0 bridgehead atoms. The fraction of sp³-hybridized carbons (Fsp3) is 0.500. The van der Waals surface area contributed by atoms with Gasteiger partial charge in [-0.2, -0.15) is 5.10 Å². The maximum atomic E-state index is 13.1. The summed E-state index contributed by atoms with van der Waals surface area (Å²) in [7, 11) is 0. The number of carbonyl (C=O) groups excluding carboxylic acids is 2. The van der Waals surface area contributed by atoms with Crippen molar-refractivity contribution in [1.82, 2.24) is 20.4 Å². The second-order valence-electron chi connectivity index (χ2n) is 8.61. The van der Waals surface area contributed by atoms with E-state index in [0.717, 1.165) is 12.1 Å². The number of rotatable bonds is 4. The lowest BCUT2D eigenvalue weighted by Crippen LogP contribution is -2.51. The fourth-order valence-corrected chi connectivity index (χ4v) is 5.22. The summed E-state index contributed by atoms with van der Waals surface area (Å²) in [5.41, 5.74) is 3.69. The Morgan fingerprint density at radius 3 is 2.93 bits per heavy atom. The largest absolute Gasteiger partial charge is 0.351 e. The van der Waals surface area contributed by atoms with Gasteiger partial charge in [0.05, 0.1) is 17.8 Å². The smallest absolute Gasteiger partial charge is 0.224 e. The van der Waals surface area contributed by atoms with E-state index >= 15 is 0 Å². The average molecular weight is 378 g/mol. The predicted molar refractivity (Wildman–Crippen MR) is 105 cm³/mol. The van der Waals surface area contributed by atoms with E-state index in [2.05, 4.69) is 53.8 Å². The van der Waals surface area contributed by atoms with Crippen LogP contribution in [0.1, 0.15) is 61.5 Å². The van der Waals surface area contributed by atoms with Gasteiger partial charge in [0.15, 0.2) is 0 Å². The van der Waals surface area contributed by atoms with Gasteiger partial charge in [0.25, 0.3) is 0 Å². The Kier molecular flexibility index (Phi) is 4.03. The van der Waals surface area contributed by atoms with E-state index in [1.54, 1.807) is 6.20 Å². The maximum Gasteiger partial charge on any atom is 0.224 e. The van der Waals surface area contributed by atoms with Gasteiger partial charge in [-0.1, -0.05) is 24.3 Å². The van der Waals surface area contributed by atoms with Gasteiger partial charge in [-0.15, -0.1) is 0 Å². The zero-order chi connectivity index (χ0) is 19.4. The lowest BCUT2D eigenvalue weighted by atomic mass is 9.94. The third-order valence-corrected chi connectivity index (χ3v) is 6.58. The van der Waals surface area contributed by atoms with Crippen LogP contribution in [0, 0.1) is 11.8 Å². The van der Waals surface area contributed by atoms with Crippen molar-refractivity contribution in [2.24, 2.45) is 11.8 Å². The van der Waals surface area contributed by atoms with Crippen LogP contribution in [0.4, 0.5) is 0 Å². The summed E-state index contributed by atoms with van der Waals surface area (Å²) >= 11 is 0. The summed E-state index contributed by atoms with van der Waals surface area (Å²) in [4.78, 5) is 25.1. The molecule has 2 aromatic rings. The summed E-state index contributed by atoms with van der Waals surface area (Å²) in [6.45, 7) is 4.13. The van der Waals surface area contributed by atoms with Crippen LogP contribution in [0.3, 0.4) is 0 Å². The highest BCUT2D eigenvalue weighted by atomic mass is 16.2. The highest BCUT2D eigenvalue weighted by Gasteiger charge is 2.59. The molecule has 3 aliphatic rings. The summed E-state index contributed by atoms with van der Waals surface area (Å²) in [5.74, 6) is 1.04. The Morgan fingerprint density at radius 1 is 1.29 bits per heavy atom. The molecule has 1 aromatic carbocycles. The van der Waals surface area contributed by atoms with Gasteiger partial charge in [-0.3, -0.25) is 14.3 Å². The number of fused-ring (bicyclic) bond motifs is 3.